The number of hydrogen-bond donors (Lipinski definition) is 0. The molecule has 0 fully saturated rings. The number of rotatable bonds is 5. The van der Waals surface area contributed by atoms with Crippen molar-refractivity contribution in [3.05, 3.63) is 65.0 Å². The zero-order valence-corrected chi connectivity index (χ0v) is 17.2. The number of nitrogens with zero attached hydrogens (tertiary/aromatic N) is 4. The van der Waals surface area contributed by atoms with Gasteiger partial charge in [-0.25, -0.2) is 12.7 Å². The molecule has 0 bridgehead atoms. The fraction of sp³-hybridized carbons (Fsp3) is 0.158. The summed E-state index contributed by atoms with van der Waals surface area (Å²) in [6.07, 6.45) is 0. The summed E-state index contributed by atoms with van der Waals surface area (Å²) in [7, 11) is -2.62. The average Bonchev–Trinajstić information content (AvgIpc) is 3.26. The lowest BCUT2D eigenvalue weighted by atomic mass is 10.2. The minimum atomic E-state index is -4.06. The van der Waals surface area contributed by atoms with Crippen LogP contribution in [-0.4, -0.2) is 53.2 Å². The minimum absolute atomic E-state index is 0.0502. The van der Waals surface area contributed by atoms with E-state index in [0.717, 1.165) is 0 Å². The van der Waals surface area contributed by atoms with Crippen molar-refractivity contribution in [1.82, 2.24) is 19.3 Å². The van der Waals surface area contributed by atoms with Crippen LogP contribution in [0.3, 0.4) is 0 Å². The first-order valence-electron chi connectivity index (χ1n) is 8.76. The van der Waals surface area contributed by atoms with Crippen molar-refractivity contribution in [2.24, 2.45) is 0 Å². The van der Waals surface area contributed by atoms with Gasteiger partial charge in [-0.3, -0.25) is 9.59 Å². The monoisotopic (exact) mass is 446 g/mol. The second kappa shape index (κ2) is 7.54. The Morgan fingerprint density at radius 2 is 1.80 bits per heavy atom. The van der Waals surface area contributed by atoms with Gasteiger partial charge in [0.15, 0.2) is 0 Å². The smallest absolute Gasteiger partial charge is 0.269 e. The Morgan fingerprint density at radius 3 is 2.50 bits per heavy atom. The van der Waals surface area contributed by atoms with E-state index in [1.54, 1.807) is 30.3 Å². The fourth-order valence-corrected chi connectivity index (χ4v) is 4.73. The number of aromatic nitrogens is 2. The molecule has 0 saturated carbocycles. The maximum Gasteiger partial charge on any atom is 0.269 e. The van der Waals surface area contributed by atoms with Crippen LogP contribution in [0.25, 0.3) is 11.4 Å². The van der Waals surface area contributed by atoms with Crippen LogP contribution in [0.4, 0.5) is 0 Å². The van der Waals surface area contributed by atoms with Crippen LogP contribution in [0, 0.1) is 0 Å². The van der Waals surface area contributed by atoms with Gasteiger partial charge in [0, 0.05) is 12.6 Å². The molecule has 3 aromatic rings. The largest absolute Gasteiger partial charge is 0.337 e. The molecule has 0 saturated heterocycles. The van der Waals surface area contributed by atoms with Gasteiger partial charge in [-0.1, -0.05) is 41.0 Å². The highest BCUT2D eigenvalue weighted by atomic mass is 35.5. The summed E-state index contributed by atoms with van der Waals surface area (Å²) >= 11 is 6.12. The first kappa shape index (κ1) is 20.0. The predicted octanol–water partition coefficient (Wildman–Crippen LogP) is 2.19. The molecule has 1 aliphatic rings. The molecule has 0 atom stereocenters. The minimum Gasteiger partial charge on any atom is -0.337 e. The summed E-state index contributed by atoms with van der Waals surface area (Å²) in [5, 5.41) is 4.31. The molecular weight excluding hydrogens is 432 g/mol. The Morgan fingerprint density at radius 1 is 1.13 bits per heavy atom. The predicted molar refractivity (Wildman–Crippen MR) is 106 cm³/mol. The molecule has 1 aliphatic heterocycles. The van der Waals surface area contributed by atoms with Crippen molar-refractivity contribution in [2.75, 3.05) is 13.6 Å². The van der Waals surface area contributed by atoms with Gasteiger partial charge < -0.3 is 9.42 Å². The first-order valence-corrected chi connectivity index (χ1v) is 10.6. The highest BCUT2D eigenvalue weighted by Crippen LogP contribution is 2.30. The van der Waals surface area contributed by atoms with E-state index in [2.05, 4.69) is 10.1 Å². The van der Waals surface area contributed by atoms with Gasteiger partial charge in [0.2, 0.25) is 17.6 Å². The van der Waals surface area contributed by atoms with Crippen LogP contribution in [0.5, 0.6) is 0 Å². The summed E-state index contributed by atoms with van der Waals surface area (Å²) in [4.78, 5) is 30.3. The standard InChI is InChI=1S/C19H15ClN4O5S/c1-23(10-16-21-18(22-29-16)12-6-2-4-8-14(12)20)17(25)11-24-19(26)13-7-3-5-9-15(13)30(24,27)28/h2-9H,10-11H2,1H3. The lowest BCUT2D eigenvalue weighted by molar-refractivity contribution is -0.130. The van der Waals surface area contributed by atoms with Gasteiger partial charge in [-0.05, 0) is 24.3 Å². The van der Waals surface area contributed by atoms with Crippen LogP contribution in [-0.2, 0) is 21.4 Å². The maximum absolute atomic E-state index is 12.6. The van der Waals surface area contributed by atoms with Crippen LogP contribution in [0.1, 0.15) is 16.2 Å². The molecule has 1 aromatic heterocycles. The Labute approximate surface area is 176 Å². The topological polar surface area (TPSA) is 114 Å². The van der Waals surface area contributed by atoms with Crippen molar-refractivity contribution in [2.45, 2.75) is 11.4 Å². The quantitative estimate of drug-likeness (QED) is 0.590. The number of carbonyl (C=O) groups excluding carboxylic acids is 2. The zero-order chi connectivity index (χ0) is 21.5. The lowest BCUT2D eigenvalue weighted by Gasteiger charge is -2.19. The van der Waals surface area contributed by atoms with Crippen molar-refractivity contribution < 1.29 is 22.5 Å². The van der Waals surface area contributed by atoms with Gasteiger partial charge in [-0.2, -0.15) is 4.98 Å². The first-order chi connectivity index (χ1) is 14.3. The van der Waals surface area contributed by atoms with Crippen molar-refractivity contribution >= 4 is 33.4 Å². The Balaban J connectivity index is 1.47. The number of carbonyl (C=O) groups is 2. The molecular formula is C19H15ClN4O5S. The fourth-order valence-electron chi connectivity index (χ4n) is 2.99. The SMILES string of the molecule is CN(Cc1nc(-c2ccccc2Cl)no1)C(=O)CN1C(=O)c2ccccc2S1(=O)=O. The number of halogens is 1. The Hall–Kier alpha value is -3.24. The maximum atomic E-state index is 12.6. The van der Waals surface area contributed by atoms with E-state index in [4.69, 9.17) is 16.1 Å². The third-order valence-corrected chi connectivity index (χ3v) is 6.69. The van der Waals surface area contributed by atoms with Gasteiger partial charge in [-0.15, -0.1) is 0 Å². The molecule has 2 amide bonds. The number of hydrogen-bond acceptors (Lipinski definition) is 7. The molecule has 0 unspecified atom stereocenters. The van der Waals surface area contributed by atoms with Crippen molar-refractivity contribution in [1.29, 1.82) is 0 Å². The van der Waals surface area contributed by atoms with Gasteiger partial charge in [0.05, 0.1) is 17.1 Å². The molecule has 0 aliphatic carbocycles. The van der Waals surface area contributed by atoms with E-state index in [-0.39, 0.29) is 28.7 Å². The molecule has 154 valence electrons. The lowest BCUT2D eigenvalue weighted by Crippen LogP contribution is -2.41. The van der Waals surface area contributed by atoms with Gasteiger partial charge in [0.25, 0.3) is 15.9 Å². The number of amides is 2. The number of fused-ring (bicyclic) bond motifs is 1. The van der Waals surface area contributed by atoms with Crippen molar-refractivity contribution in [3.63, 3.8) is 0 Å². The Kier molecular flexibility index (Phi) is 5.04. The third kappa shape index (κ3) is 3.44. The van der Waals surface area contributed by atoms with E-state index in [1.165, 1.54) is 30.1 Å². The second-order valence-corrected chi connectivity index (χ2v) is 8.79. The average molecular weight is 447 g/mol. The molecule has 4 rings (SSSR count). The molecule has 2 aromatic carbocycles. The highest BCUT2D eigenvalue weighted by molar-refractivity contribution is 7.90. The van der Waals surface area contributed by atoms with Crippen LogP contribution in [0.15, 0.2) is 57.9 Å². The van der Waals surface area contributed by atoms with Crippen LogP contribution >= 0.6 is 11.6 Å². The normalized spacial score (nSPS) is 14.6. The van der Waals surface area contributed by atoms with E-state index >= 15 is 0 Å². The summed E-state index contributed by atoms with van der Waals surface area (Å²) in [6, 6.07) is 12.8. The zero-order valence-electron chi connectivity index (χ0n) is 15.6. The summed E-state index contributed by atoms with van der Waals surface area (Å²) in [5.74, 6) is -0.924. The summed E-state index contributed by atoms with van der Waals surface area (Å²) in [5.41, 5.74) is 0.629. The van der Waals surface area contributed by atoms with E-state index in [0.29, 0.717) is 14.9 Å². The molecule has 11 heteroatoms. The van der Waals surface area contributed by atoms with E-state index < -0.39 is 28.4 Å². The molecule has 30 heavy (non-hydrogen) atoms. The Bertz CT molecular complexity index is 1260. The van der Waals surface area contributed by atoms with E-state index in [9.17, 15) is 18.0 Å². The van der Waals surface area contributed by atoms with Crippen LogP contribution < -0.4 is 0 Å². The van der Waals surface area contributed by atoms with Gasteiger partial charge >= 0.3 is 0 Å². The molecule has 2 heterocycles. The second-order valence-electron chi connectivity index (χ2n) is 6.55. The van der Waals surface area contributed by atoms with E-state index in [1.807, 2.05) is 0 Å². The highest BCUT2D eigenvalue weighted by Gasteiger charge is 2.42. The number of benzene rings is 2. The molecule has 0 spiro atoms. The van der Waals surface area contributed by atoms with Crippen molar-refractivity contribution in [3.8, 4) is 11.4 Å². The van der Waals surface area contributed by atoms with Gasteiger partial charge in [0.1, 0.15) is 11.4 Å². The number of sulfonamides is 1. The summed E-state index contributed by atoms with van der Waals surface area (Å²) in [6.45, 7) is -0.691. The third-order valence-electron chi connectivity index (χ3n) is 4.57. The molecule has 0 radical (unpaired) electrons. The molecule has 0 N–H and O–H groups in total. The van der Waals surface area contributed by atoms with Crippen LogP contribution in [0.2, 0.25) is 5.02 Å². The molecule has 9 nitrogen and oxygen atoms in total. The summed E-state index contributed by atoms with van der Waals surface area (Å²) < 4.78 is 30.9. The number of likely N-dealkylation sites (N-methyl/N-ethyl adjacent to an activating group) is 1.